The van der Waals surface area contributed by atoms with Crippen molar-refractivity contribution >= 4 is 10.9 Å². The molecule has 3 fully saturated rings. The Bertz CT molecular complexity index is 754. The van der Waals surface area contributed by atoms with Crippen LogP contribution in [0.25, 0.3) is 10.9 Å². The van der Waals surface area contributed by atoms with Gasteiger partial charge in [-0.15, -0.1) is 0 Å². The van der Waals surface area contributed by atoms with Gasteiger partial charge in [0.25, 0.3) is 0 Å². The molecule has 2 aromatic rings. The largest absolute Gasteiger partial charge is 0.378 e. The SMILES string of the molecule is C[C@H](CN1C2CCC1CC(OCC1CCC1)C2)Cn1ncc2ccccc21. The van der Waals surface area contributed by atoms with Crippen LogP contribution in [0.1, 0.15) is 51.9 Å². The van der Waals surface area contributed by atoms with E-state index in [9.17, 15) is 0 Å². The Kier molecular flexibility index (Phi) is 4.95. The molecule has 4 nitrogen and oxygen atoms in total. The quantitative estimate of drug-likeness (QED) is 0.722. The Morgan fingerprint density at radius 3 is 2.59 bits per heavy atom. The molecule has 146 valence electrons. The molecule has 3 atom stereocenters. The van der Waals surface area contributed by atoms with E-state index in [0.717, 1.165) is 31.2 Å². The van der Waals surface area contributed by atoms with Gasteiger partial charge in [0.05, 0.1) is 17.8 Å². The van der Waals surface area contributed by atoms with Gasteiger partial charge in [-0.2, -0.15) is 5.10 Å². The molecule has 2 aliphatic heterocycles. The molecule has 1 aromatic carbocycles. The van der Waals surface area contributed by atoms with Crippen LogP contribution >= 0.6 is 0 Å². The van der Waals surface area contributed by atoms with Crippen molar-refractivity contribution in [1.82, 2.24) is 14.7 Å². The second kappa shape index (κ2) is 7.56. The number of hydrogen-bond acceptors (Lipinski definition) is 3. The van der Waals surface area contributed by atoms with Crippen LogP contribution in [-0.4, -0.2) is 46.0 Å². The maximum Gasteiger partial charge on any atom is 0.0682 e. The van der Waals surface area contributed by atoms with Gasteiger partial charge in [-0.05, 0) is 56.4 Å². The first-order chi connectivity index (χ1) is 13.3. The van der Waals surface area contributed by atoms with Gasteiger partial charge in [0.1, 0.15) is 0 Å². The summed E-state index contributed by atoms with van der Waals surface area (Å²) >= 11 is 0. The van der Waals surface area contributed by atoms with E-state index in [1.807, 2.05) is 6.20 Å². The summed E-state index contributed by atoms with van der Waals surface area (Å²) in [6, 6.07) is 10.0. The number of para-hydroxylation sites is 1. The summed E-state index contributed by atoms with van der Waals surface area (Å²) in [5.74, 6) is 1.48. The van der Waals surface area contributed by atoms with Gasteiger partial charge >= 0.3 is 0 Å². The molecule has 0 radical (unpaired) electrons. The fraction of sp³-hybridized carbons (Fsp3) is 0.696. The van der Waals surface area contributed by atoms with Crippen molar-refractivity contribution in [3.8, 4) is 0 Å². The Balaban J connectivity index is 1.16. The lowest BCUT2D eigenvalue weighted by atomic mass is 9.86. The molecule has 27 heavy (non-hydrogen) atoms. The van der Waals surface area contributed by atoms with Gasteiger partial charge in [-0.1, -0.05) is 31.5 Å². The maximum atomic E-state index is 6.31. The van der Waals surface area contributed by atoms with Gasteiger partial charge in [0.2, 0.25) is 0 Å². The highest BCUT2D eigenvalue weighted by Crippen LogP contribution is 2.38. The van der Waals surface area contributed by atoms with Gasteiger partial charge in [0, 0.05) is 37.2 Å². The van der Waals surface area contributed by atoms with Gasteiger partial charge in [-0.3, -0.25) is 9.58 Å². The fourth-order valence-electron chi connectivity index (χ4n) is 5.47. The van der Waals surface area contributed by atoms with E-state index in [1.165, 1.54) is 62.4 Å². The van der Waals surface area contributed by atoms with Crippen molar-refractivity contribution in [3.63, 3.8) is 0 Å². The second-order valence-electron chi connectivity index (χ2n) is 9.30. The summed E-state index contributed by atoms with van der Waals surface area (Å²) in [5.41, 5.74) is 1.26. The molecule has 2 bridgehead atoms. The molecule has 3 aliphatic rings. The molecule has 1 saturated carbocycles. The third kappa shape index (κ3) is 3.66. The average molecular weight is 368 g/mol. The topological polar surface area (TPSA) is 30.3 Å². The molecule has 1 aliphatic carbocycles. The van der Waals surface area contributed by atoms with Gasteiger partial charge in [-0.25, -0.2) is 0 Å². The number of hydrogen-bond donors (Lipinski definition) is 0. The lowest BCUT2D eigenvalue weighted by Crippen LogP contribution is -2.47. The highest BCUT2D eigenvalue weighted by Gasteiger charge is 2.41. The lowest BCUT2D eigenvalue weighted by molar-refractivity contribution is -0.0449. The van der Waals surface area contributed by atoms with Crippen LogP contribution in [0, 0.1) is 11.8 Å². The predicted octanol–water partition coefficient (Wildman–Crippen LogP) is 4.48. The Morgan fingerprint density at radius 1 is 1.07 bits per heavy atom. The minimum atomic E-state index is 0.518. The predicted molar refractivity (Wildman–Crippen MR) is 109 cm³/mol. The van der Waals surface area contributed by atoms with Crippen LogP contribution in [0.2, 0.25) is 0 Å². The summed E-state index contributed by atoms with van der Waals surface area (Å²) in [6.07, 6.45) is 12.0. The Hall–Kier alpha value is -1.39. The van der Waals surface area contributed by atoms with Crippen LogP contribution in [-0.2, 0) is 11.3 Å². The van der Waals surface area contributed by atoms with Crippen LogP contribution in [0.3, 0.4) is 0 Å². The number of benzene rings is 1. The molecule has 2 saturated heterocycles. The van der Waals surface area contributed by atoms with E-state index in [2.05, 4.69) is 45.9 Å². The van der Waals surface area contributed by atoms with E-state index in [1.54, 1.807) is 0 Å². The van der Waals surface area contributed by atoms with E-state index < -0.39 is 0 Å². The van der Waals surface area contributed by atoms with Crippen LogP contribution < -0.4 is 0 Å². The van der Waals surface area contributed by atoms with Gasteiger partial charge < -0.3 is 4.74 Å². The zero-order valence-corrected chi connectivity index (χ0v) is 16.6. The Morgan fingerprint density at radius 2 is 1.85 bits per heavy atom. The summed E-state index contributed by atoms with van der Waals surface area (Å²) in [6.45, 7) is 5.60. The standard InChI is InChI=1S/C23H33N3O/c1-17(15-26-23-8-3-2-7-19(23)13-24-26)14-25-20-9-10-21(25)12-22(11-20)27-16-18-5-4-6-18/h2-3,7-8,13,17-18,20-22H,4-6,9-12,14-16H2,1H3/t17-,20?,21?,22?/m1/s1. The molecule has 1 aromatic heterocycles. The van der Waals surface area contributed by atoms with Crippen molar-refractivity contribution in [2.45, 2.75) is 76.6 Å². The van der Waals surface area contributed by atoms with Crippen molar-refractivity contribution in [1.29, 1.82) is 0 Å². The van der Waals surface area contributed by atoms with E-state index >= 15 is 0 Å². The summed E-state index contributed by atoms with van der Waals surface area (Å²) in [4.78, 5) is 2.81. The van der Waals surface area contributed by atoms with Crippen LogP contribution in [0.15, 0.2) is 30.5 Å². The molecular formula is C23H33N3O. The fourth-order valence-corrected chi connectivity index (χ4v) is 5.47. The first-order valence-electron chi connectivity index (χ1n) is 11.0. The van der Waals surface area contributed by atoms with E-state index in [-0.39, 0.29) is 0 Å². The van der Waals surface area contributed by atoms with Crippen molar-refractivity contribution in [2.75, 3.05) is 13.2 Å². The van der Waals surface area contributed by atoms with Crippen LogP contribution in [0.5, 0.6) is 0 Å². The normalized spacial score (nSPS) is 29.9. The number of nitrogens with zero attached hydrogens (tertiary/aromatic N) is 3. The molecule has 3 heterocycles. The van der Waals surface area contributed by atoms with E-state index in [4.69, 9.17) is 4.74 Å². The molecule has 5 rings (SSSR count). The highest BCUT2D eigenvalue weighted by molar-refractivity contribution is 5.78. The second-order valence-corrected chi connectivity index (χ2v) is 9.30. The number of rotatable bonds is 7. The molecule has 0 spiro atoms. The third-order valence-electron chi connectivity index (χ3n) is 7.19. The summed E-state index contributed by atoms with van der Waals surface area (Å²) in [5, 5.41) is 5.87. The number of piperidine rings is 1. The third-order valence-corrected chi connectivity index (χ3v) is 7.19. The average Bonchev–Trinajstić information content (AvgIpc) is 3.12. The van der Waals surface area contributed by atoms with Crippen molar-refractivity contribution in [3.05, 3.63) is 30.5 Å². The first-order valence-corrected chi connectivity index (χ1v) is 11.0. The highest BCUT2D eigenvalue weighted by atomic mass is 16.5. The minimum absolute atomic E-state index is 0.518. The molecule has 0 N–H and O–H groups in total. The van der Waals surface area contributed by atoms with E-state index in [0.29, 0.717) is 12.0 Å². The van der Waals surface area contributed by atoms with Crippen molar-refractivity contribution in [2.24, 2.45) is 11.8 Å². The number of aromatic nitrogens is 2. The molecule has 4 heteroatoms. The minimum Gasteiger partial charge on any atom is -0.378 e. The molecular weight excluding hydrogens is 334 g/mol. The summed E-state index contributed by atoms with van der Waals surface area (Å²) < 4.78 is 8.50. The molecule has 0 amide bonds. The Labute approximate surface area is 162 Å². The number of ether oxygens (including phenoxy) is 1. The number of fused-ring (bicyclic) bond motifs is 3. The van der Waals surface area contributed by atoms with Crippen molar-refractivity contribution < 1.29 is 4.74 Å². The zero-order valence-electron chi connectivity index (χ0n) is 16.6. The summed E-state index contributed by atoms with van der Waals surface area (Å²) in [7, 11) is 0. The smallest absolute Gasteiger partial charge is 0.0682 e. The molecule has 2 unspecified atom stereocenters. The monoisotopic (exact) mass is 367 g/mol. The van der Waals surface area contributed by atoms with Crippen LogP contribution in [0.4, 0.5) is 0 Å². The lowest BCUT2D eigenvalue weighted by Gasteiger charge is -2.40. The first kappa shape index (κ1) is 17.7. The van der Waals surface area contributed by atoms with Gasteiger partial charge in [0.15, 0.2) is 0 Å². The maximum absolute atomic E-state index is 6.31. The zero-order chi connectivity index (χ0) is 18.2.